The van der Waals surface area contributed by atoms with E-state index in [0.717, 1.165) is 11.3 Å². The van der Waals surface area contributed by atoms with Gasteiger partial charge in [0.1, 0.15) is 11.3 Å². The van der Waals surface area contributed by atoms with Gasteiger partial charge in [-0.05, 0) is 25.5 Å². The van der Waals surface area contributed by atoms with E-state index in [1.807, 2.05) is 60.7 Å². The van der Waals surface area contributed by atoms with E-state index in [4.69, 9.17) is 4.74 Å². The molecule has 4 rings (SSSR count). The number of nitrogens with zero attached hydrogens (tertiary/aromatic N) is 2. The number of benzene rings is 2. The Morgan fingerprint density at radius 3 is 2.38 bits per heavy atom. The van der Waals surface area contributed by atoms with Crippen LogP contribution in [0.15, 0.2) is 66.9 Å². The van der Waals surface area contributed by atoms with Crippen LogP contribution in [0.3, 0.4) is 0 Å². The summed E-state index contributed by atoms with van der Waals surface area (Å²) in [6, 6.07) is 18.6. The van der Waals surface area contributed by atoms with Gasteiger partial charge < -0.3 is 10.1 Å². The van der Waals surface area contributed by atoms with E-state index in [1.165, 1.54) is 0 Å². The first-order valence-electron chi connectivity index (χ1n) is 10.1. The topological polar surface area (TPSA) is 107 Å². The molecule has 166 valence electrons. The molecule has 0 radical (unpaired) electrons. The Hall–Kier alpha value is -3.46. The van der Waals surface area contributed by atoms with Gasteiger partial charge in [-0.2, -0.15) is 5.10 Å². The summed E-state index contributed by atoms with van der Waals surface area (Å²) in [4.78, 5) is 25.2. The summed E-state index contributed by atoms with van der Waals surface area (Å²) in [5.41, 5.74) is 1.32. The van der Waals surface area contributed by atoms with Crippen LogP contribution < -0.4 is 5.32 Å². The quantitative estimate of drug-likeness (QED) is 0.575. The van der Waals surface area contributed by atoms with E-state index in [2.05, 4.69) is 10.4 Å². The number of hydrogen-bond acceptors (Lipinski definition) is 6. The molecule has 1 saturated heterocycles. The number of rotatable bonds is 6. The molecule has 1 N–H and O–H groups in total. The Labute approximate surface area is 186 Å². The van der Waals surface area contributed by atoms with Crippen LogP contribution in [0.1, 0.15) is 23.7 Å². The maximum Gasteiger partial charge on any atom is 0.342 e. The maximum absolute atomic E-state index is 12.9. The summed E-state index contributed by atoms with van der Waals surface area (Å²) in [5.74, 6) is -1.33. The molecule has 1 amide bonds. The van der Waals surface area contributed by atoms with E-state index in [1.54, 1.807) is 17.8 Å². The lowest BCUT2D eigenvalue weighted by Crippen LogP contribution is -2.48. The van der Waals surface area contributed by atoms with Crippen molar-refractivity contribution in [3.05, 3.63) is 72.4 Å². The molecule has 1 atom stereocenters. The van der Waals surface area contributed by atoms with E-state index in [-0.39, 0.29) is 17.1 Å². The molecule has 9 heteroatoms. The number of sulfone groups is 1. The van der Waals surface area contributed by atoms with E-state index >= 15 is 0 Å². The molecule has 0 unspecified atom stereocenters. The van der Waals surface area contributed by atoms with Gasteiger partial charge in [-0.1, -0.05) is 48.5 Å². The second kappa shape index (κ2) is 8.58. The summed E-state index contributed by atoms with van der Waals surface area (Å²) in [6.07, 6.45) is 1.90. The van der Waals surface area contributed by atoms with E-state index in [9.17, 15) is 18.0 Å². The molecule has 3 aromatic rings. The van der Waals surface area contributed by atoms with Crippen LogP contribution in [0.25, 0.3) is 16.9 Å². The minimum absolute atomic E-state index is 0.0304. The van der Waals surface area contributed by atoms with Crippen LogP contribution in [0.2, 0.25) is 0 Å². The number of amides is 1. The fraction of sp³-hybridized carbons (Fsp3) is 0.261. The first-order valence-corrected chi connectivity index (χ1v) is 12.0. The molecule has 0 aliphatic carbocycles. The van der Waals surface area contributed by atoms with Crippen LogP contribution in [0, 0.1) is 0 Å². The van der Waals surface area contributed by atoms with Crippen LogP contribution in [-0.4, -0.2) is 53.7 Å². The van der Waals surface area contributed by atoms with Crippen LogP contribution >= 0.6 is 0 Å². The summed E-state index contributed by atoms with van der Waals surface area (Å²) in [7, 11) is -3.17. The van der Waals surface area contributed by atoms with Crippen LogP contribution in [-0.2, 0) is 19.4 Å². The van der Waals surface area contributed by atoms with Gasteiger partial charge in [-0.25, -0.2) is 17.9 Å². The normalized spacial score (nSPS) is 19.4. The Morgan fingerprint density at radius 1 is 1.09 bits per heavy atom. The molecule has 1 aliphatic rings. The number of hydrogen-bond donors (Lipinski definition) is 1. The largest absolute Gasteiger partial charge is 0.452 e. The van der Waals surface area contributed by atoms with Gasteiger partial charge in [0.2, 0.25) is 0 Å². The van der Waals surface area contributed by atoms with Crippen molar-refractivity contribution < 1.29 is 22.7 Å². The molecular weight excluding hydrogens is 430 g/mol. The zero-order valence-electron chi connectivity index (χ0n) is 17.5. The predicted octanol–water partition coefficient (Wildman–Crippen LogP) is 2.39. The number of nitrogens with one attached hydrogen (secondary N) is 1. The fourth-order valence-electron chi connectivity index (χ4n) is 3.74. The lowest BCUT2D eigenvalue weighted by Gasteiger charge is -2.23. The van der Waals surface area contributed by atoms with Crippen molar-refractivity contribution in [2.75, 3.05) is 18.1 Å². The third-order valence-corrected chi connectivity index (χ3v) is 7.18. The summed E-state index contributed by atoms with van der Waals surface area (Å²) in [6.45, 7) is 1.16. The summed E-state index contributed by atoms with van der Waals surface area (Å²) in [5, 5.41) is 7.24. The molecule has 1 aromatic heterocycles. The molecule has 8 nitrogen and oxygen atoms in total. The van der Waals surface area contributed by atoms with Crippen molar-refractivity contribution in [2.45, 2.75) is 18.9 Å². The molecular formula is C23H23N3O5S. The van der Waals surface area contributed by atoms with Crippen molar-refractivity contribution in [1.82, 2.24) is 15.1 Å². The average molecular weight is 454 g/mol. The third kappa shape index (κ3) is 4.88. The fourth-order valence-corrected chi connectivity index (χ4v) is 5.83. The molecule has 2 aromatic carbocycles. The number of esters is 1. The molecule has 1 fully saturated rings. The third-order valence-electron chi connectivity index (χ3n) is 5.28. The highest BCUT2D eigenvalue weighted by Gasteiger charge is 2.39. The van der Waals surface area contributed by atoms with Crippen molar-refractivity contribution >= 4 is 21.7 Å². The first kappa shape index (κ1) is 21.8. The molecule has 0 saturated carbocycles. The number of para-hydroxylation sites is 1. The van der Waals surface area contributed by atoms with Gasteiger partial charge in [0.25, 0.3) is 5.91 Å². The van der Waals surface area contributed by atoms with Gasteiger partial charge in [0, 0.05) is 11.8 Å². The highest BCUT2D eigenvalue weighted by molar-refractivity contribution is 7.91. The zero-order chi connectivity index (χ0) is 22.8. The Kier molecular flexibility index (Phi) is 5.84. The maximum atomic E-state index is 12.9. The molecule has 2 heterocycles. The minimum atomic E-state index is -3.17. The highest BCUT2D eigenvalue weighted by atomic mass is 32.2. The number of carbonyl (C=O) groups is 2. The Balaban J connectivity index is 1.51. The van der Waals surface area contributed by atoms with Crippen molar-refractivity contribution in [2.24, 2.45) is 0 Å². The molecule has 0 bridgehead atoms. The standard InChI is InChI=1S/C23H23N3O5S/c1-23(12-13-32(29,30)16-23)24-20(27)15-31-22(28)19-14-26(18-10-6-3-7-11-18)25-21(19)17-8-4-2-5-9-17/h2-11,14H,12-13,15-16H2,1H3,(H,24,27)/t23-/m0/s1. The number of carbonyl (C=O) groups excluding carboxylic acids is 2. The predicted molar refractivity (Wildman–Crippen MR) is 119 cm³/mol. The summed E-state index contributed by atoms with van der Waals surface area (Å²) >= 11 is 0. The van der Waals surface area contributed by atoms with Crippen molar-refractivity contribution in [1.29, 1.82) is 0 Å². The van der Waals surface area contributed by atoms with E-state index in [0.29, 0.717) is 12.1 Å². The smallest absolute Gasteiger partial charge is 0.342 e. The Morgan fingerprint density at radius 2 is 1.75 bits per heavy atom. The number of ether oxygens (including phenoxy) is 1. The van der Waals surface area contributed by atoms with Crippen molar-refractivity contribution in [3.8, 4) is 16.9 Å². The van der Waals surface area contributed by atoms with Gasteiger partial charge in [0.05, 0.1) is 22.7 Å². The minimum Gasteiger partial charge on any atom is -0.452 e. The average Bonchev–Trinajstić information content (AvgIpc) is 3.34. The highest BCUT2D eigenvalue weighted by Crippen LogP contribution is 2.25. The van der Waals surface area contributed by atoms with Gasteiger partial charge >= 0.3 is 5.97 Å². The van der Waals surface area contributed by atoms with Gasteiger partial charge in [0.15, 0.2) is 16.4 Å². The molecule has 32 heavy (non-hydrogen) atoms. The monoisotopic (exact) mass is 453 g/mol. The van der Waals surface area contributed by atoms with Crippen molar-refractivity contribution in [3.63, 3.8) is 0 Å². The lowest BCUT2D eigenvalue weighted by atomic mass is 10.0. The number of aromatic nitrogens is 2. The SMILES string of the molecule is C[C@]1(NC(=O)COC(=O)c2cn(-c3ccccc3)nc2-c2ccccc2)CCS(=O)(=O)C1. The van der Waals surface area contributed by atoms with Crippen LogP contribution in [0.5, 0.6) is 0 Å². The molecule has 1 aliphatic heterocycles. The van der Waals surface area contributed by atoms with E-state index < -0.39 is 33.9 Å². The second-order valence-corrected chi connectivity index (χ2v) is 10.2. The first-order chi connectivity index (χ1) is 15.2. The van der Waals surface area contributed by atoms with Crippen LogP contribution in [0.4, 0.5) is 0 Å². The zero-order valence-corrected chi connectivity index (χ0v) is 18.3. The second-order valence-electron chi connectivity index (χ2n) is 8.06. The molecule has 0 spiro atoms. The Bertz CT molecular complexity index is 1240. The van der Waals surface area contributed by atoms with Gasteiger partial charge in [-0.15, -0.1) is 0 Å². The van der Waals surface area contributed by atoms with Gasteiger partial charge in [-0.3, -0.25) is 4.79 Å². The summed E-state index contributed by atoms with van der Waals surface area (Å²) < 4.78 is 30.3. The lowest BCUT2D eigenvalue weighted by molar-refractivity contribution is -0.125.